The Hall–Kier alpha value is -3.02. The van der Waals surface area contributed by atoms with Crippen molar-refractivity contribution in [2.24, 2.45) is 0 Å². The molecule has 3 aromatic rings. The lowest BCUT2D eigenvalue weighted by Crippen LogP contribution is -2.50. The fourth-order valence-electron chi connectivity index (χ4n) is 3.86. The number of halogens is 1. The van der Waals surface area contributed by atoms with Crippen molar-refractivity contribution < 1.29 is 22.7 Å². The summed E-state index contributed by atoms with van der Waals surface area (Å²) in [5.41, 5.74) is 1.10. The van der Waals surface area contributed by atoms with Gasteiger partial charge in [-0.3, -0.25) is 13.9 Å². The van der Waals surface area contributed by atoms with Gasteiger partial charge in [0.05, 0.1) is 17.2 Å². The number of amides is 2. The molecule has 1 N–H and O–H groups in total. The monoisotopic (exact) mass is 633 g/mol. The van der Waals surface area contributed by atoms with Crippen molar-refractivity contribution in [3.8, 4) is 5.75 Å². The molecule has 2 amide bonds. The number of carbonyl (C=O) groups excluding carboxylic acids is 2. The van der Waals surface area contributed by atoms with Crippen LogP contribution < -0.4 is 14.4 Å². The number of ether oxygens (including phenoxy) is 1. The third-order valence-corrected chi connectivity index (χ3v) is 9.10. The average Bonchev–Trinajstić information content (AvgIpc) is 2.95. The van der Waals surface area contributed by atoms with Gasteiger partial charge >= 0.3 is 0 Å². The highest BCUT2D eigenvalue weighted by Gasteiger charge is 2.32. The Morgan fingerprint density at radius 3 is 2.15 bits per heavy atom. The first-order chi connectivity index (χ1) is 18.6. The van der Waals surface area contributed by atoms with Crippen molar-refractivity contribution in [2.75, 3.05) is 30.8 Å². The van der Waals surface area contributed by atoms with Gasteiger partial charge in [-0.2, -0.15) is 0 Å². The summed E-state index contributed by atoms with van der Waals surface area (Å²) < 4.78 is 35.2. The highest BCUT2D eigenvalue weighted by atomic mass is 79.9. The molecule has 1 atom stereocenters. The number of likely N-dealkylation sites (N-methyl/N-ethyl adjacent to an activating group) is 1. The van der Waals surface area contributed by atoms with E-state index >= 15 is 0 Å². The van der Waals surface area contributed by atoms with Crippen molar-refractivity contribution in [3.63, 3.8) is 0 Å². The predicted octanol–water partition coefficient (Wildman–Crippen LogP) is 4.93. The van der Waals surface area contributed by atoms with Gasteiger partial charge in [-0.05, 0) is 86.3 Å². The van der Waals surface area contributed by atoms with Crippen LogP contribution >= 0.6 is 27.7 Å². The van der Waals surface area contributed by atoms with Crippen LogP contribution in [0.3, 0.4) is 0 Å². The smallest absolute Gasteiger partial charge is 0.264 e. The minimum absolute atomic E-state index is 0.0563. The van der Waals surface area contributed by atoms with E-state index in [0.29, 0.717) is 18.0 Å². The number of hydrogen-bond acceptors (Lipinski definition) is 6. The second-order valence-electron chi connectivity index (χ2n) is 8.55. The molecule has 0 heterocycles. The van der Waals surface area contributed by atoms with Gasteiger partial charge in [-0.15, -0.1) is 11.8 Å². The van der Waals surface area contributed by atoms with Gasteiger partial charge in [-0.1, -0.05) is 28.1 Å². The molecule has 0 fully saturated rings. The molecule has 0 aliphatic rings. The van der Waals surface area contributed by atoms with Crippen LogP contribution in [0.1, 0.15) is 19.4 Å². The molecule has 8 nitrogen and oxygen atoms in total. The standard InChI is InChI=1S/C28H32BrN3O5S2/c1-5-37-24-12-10-23(11-13-24)32(39(35,36)26-16-14-25(38-4)15-17-26)19-27(33)31(20(2)28(34)30-3)18-21-6-8-22(29)9-7-21/h6-17,20H,5,18-19H2,1-4H3,(H,30,34). The average molecular weight is 635 g/mol. The molecule has 0 bridgehead atoms. The summed E-state index contributed by atoms with van der Waals surface area (Å²) >= 11 is 4.90. The van der Waals surface area contributed by atoms with Crippen molar-refractivity contribution >= 4 is 55.2 Å². The lowest BCUT2D eigenvalue weighted by atomic mass is 10.1. The zero-order valence-electron chi connectivity index (χ0n) is 22.3. The molecule has 0 saturated carbocycles. The van der Waals surface area contributed by atoms with Crippen LogP contribution in [0.25, 0.3) is 0 Å². The van der Waals surface area contributed by atoms with Gasteiger partial charge in [0, 0.05) is 23.0 Å². The van der Waals surface area contributed by atoms with Crippen LogP contribution in [0.4, 0.5) is 5.69 Å². The number of thioether (sulfide) groups is 1. The topological polar surface area (TPSA) is 96.0 Å². The largest absolute Gasteiger partial charge is 0.494 e. The van der Waals surface area contributed by atoms with Crippen molar-refractivity contribution in [3.05, 3.63) is 82.8 Å². The molecule has 0 aromatic heterocycles. The minimum Gasteiger partial charge on any atom is -0.494 e. The zero-order chi connectivity index (χ0) is 28.6. The Morgan fingerprint density at radius 2 is 1.62 bits per heavy atom. The second-order valence-corrected chi connectivity index (χ2v) is 12.2. The first-order valence-corrected chi connectivity index (χ1v) is 15.7. The Kier molecular flexibility index (Phi) is 10.8. The van der Waals surface area contributed by atoms with Crippen molar-refractivity contribution in [1.29, 1.82) is 0 Å². The SMILES string of the molecule is CCOc1ccc(N(CC(=O)N(Cc2ccc(Br)cc2)C(C)C(=O)NC)S(=O)(=O)c2ccc(SC)cc2)cc1. The Bertz CT molecular complexity index is 1370. The number of rotatable bonds is 12. The van der Waals surface area contributed by atoms with E-state index in [1.165, 1.54) is 35.8 Å². The summed E-state index contributed by atoms with van der Waals surface area (Å²) in [7, 11) is -2.64. The number of carbonyl (C=O) groups is 2. The molecule has 1 unspecified atom stereocenters. The predicted molar refractivity (Wildman–Crippen MR) is 159 cm³/mol. The van der Waals surface area contributed by atoms with Crippen LogP contribution in [0.15, 0.2) is 87.1 Å². The molecule has 3 rings (SSSR count). The lowest BCUT2D eigenvalue weighted by Gasteiger charge is -2.31. The minimum atomic E-state index is -4.13. The number of nitrogens with one attached hydrogen (secondary N) is 1. The number of sulfonamides is 1. The van der Waals surface area contributed by atoms with Crippen LogP contribution in [-0.2, 0) is 26.2 Å². The fourth-order valence-corrected chi connectivity index (χ4v) is 5.94. The summed E-state index contributed by atoms with van der Waals surface area (Å²) in [5, 5.41) is 2.58. The Labute approximate surface area is 242 Å². The maximum Gasteiger partial charge on any atom is 0.264 e. The molecular weight excluding hydrogens is 602 g/mol. The molecule has 11 heteroatoms. The summed E-state index contributed by atoms with van der Waals surface area (Å²) in [4.78, 5) is 28.7. The first-order valence-electron chi connectivity index (χ1n) is 12.3. The maximum atomic E-state index is 13.9. The highest BCUT2D eigenvalue weighted by Crippen LogP contribution is 2.28. The van der Waals surface area contributed by atoms with Crippen molar-refractivity contribution in [1.82, 2.24) is 10.2 Å². The fraction of sp³-hybridized carbons (Fsp3) is 0.286. The third-order valence-electron chi connectivity index (χ3n) is 6.04. The third kappa shape index (κ3) is 7.77. The molecule has 0 aliphatic heterocycles. The van der Waals surface area contributed by atoms with E-state index in [1.807, 2.05) is 37.4 Å². The van der Waals surface area contributed by atoms with Crippen molar-refractivity contribution in [2.45, 2.75) is 36.2 Å². The molecular formula is C28H32BrN3O5S2. The molecule has 0 radical (unpaired) electrons. The molecule has 0 aliphatic carbocycles. The second kappa shape index (κ2) is 13.9. The van der Waals surface area contributed by atoms with E-state index in [0.717, 1.165) is 19.2 Å². The van der Waals surface area contributed by atoms with E-state index in [9.17, 15) is 18.0 Å². The Balaban J connectivity index is 2.02. The summed E-state index contributed by atoms with van der Waals surface area (Å²) in [6.07, 6.45) is 1.90. The molecule has 39 heavy (non-hydrogen) atoms. The van der Waals surface area contributed by atoms with E-state index in [4.69, 9.17) is 4.74 Å². The summed E-state index contributed by atoms with van der Waals surface area (Å²) in [6, 6.07) is 19.6. The summed E-state index contributed by atoms with van der Waals surface area (Å²) in [5.74, 6) is -0.296. The zero-order valence-corrected chi connectivity index (χ0v) is 25.5. The van der Waals surface area contributed by atoms with Gasteiger partial charge in [0.25, 0.3) is 10.0 Å². The molecule has 0 spiro atoms. The molecule has 3 aromatic carbocycles. The van der Waals surface area contributed by atoms with E-state index in [1.54, 1.807) is 43.3 Å². The van der Waals surface area contributed by atoms with Gasteiger partial charge in [0.15, 0.2) is 0 Å². The van der Waals surface area contributed by atoms with Gasteiger partial charge < -0.3 is 15.0 Å². The van der Waals surface area contributed by atoms with E-state index < -0.39 is 28.5 Å². The number of hydrogen-bond donors (Lipinski definition) is 1. The normalized spacial score (nSPS) is 11.9. The maximum absolute atomic E-state index is 13.9. The lowest BCUT2D eigenvalue weighted by molar-refractivity contribution is -0.139. The highest BCUT2D eigenvalue weighted by molar-refractivity contribution is 9.10. The molecule has 208 valence electrons. The van der Waals surface area contributed by atoms with Gasteiger partial charge in [-0.25, -0.2) is 8.42 Å². The number of benzene rings is 3. The Morgan fingerprint density at radius 1 is 1.00 bits per heavy atom. The molecule has 0 saturated heterocycles. The van der Waals surface area contributed by atoms with Crippen LogP contribution in [-0.4, -0.2) is 57.6 Å². The van der Waals surface area contributed by atoms with Crippen LogP contribution in [0.5, 0.6) is 5.75 Å². The quantitative estimate of drug-likeness (QED) is 0.284. The summed E-state index contributed by atoms with van der Waals surface area (Å²) in [6.45, 7) is 3.56. The van der Waals surface area contributed by atoms with Gasteiger partial charge in [0.2, 0.25) is 11.8 Å². The van der Waals surface area contributed by atoms with Gasteiger partial charge in [0.1, 0.15) is 18.3 Å². The van der Waals surface area contributed by atoms with Crippen LogP contribution in [0.2, 0.25) is 0 Å². The van der Waals surface area contributed by atoms with E-state index in [2.05, 4.69) is 21.2 Å². The first kappa shape index (κ1) is 30.5. The number of nitrogens with zero attached hydrogens (tertiary/aromatic N) is 2. The van der Waals surface area contributed by atoms with E-state index in [-0.39, 0.29) is 17.3 Å². The number of anilines is 1. The van der Waals surface area contributed by atoms with Crippen LogP contribution in [0, 0.1) is 0 Å².